The lowest BCUT2D eigenvalue weighted by molar-refractivity contribution is -0.141. The van der Waals surface area contributed by atoms with Crippen LogP contribution in [0.2, 0.25) is 5.02 Å². The van der Waals surface area contributed by atoms with Crippen molar-refractivity contribution in [1.82, 2.24) is 0 Å². The normalized spacial score (nSPS) is 10.9. The number of carboxylic acids is 1. The summed E-state index contributed by atoms with van der Waals surface area (Å²) in [6, 6.07) is 4.83. The zero-order valence-electron chi connectivity index (χ0n) is 10.4. The summed E-state index contributed by atoms with van der Waals surface area (Å²) in [4.78, 5) is 22.0. The summed E-state index contributed by atoms with van der Waals surface area (Å²) in [6.45, 7) is 4.46. The third-order valence-electron chi connectivity index (χ3n) is 2.27. The third-order valence-corrected chi connectivity index (χ3v) is 2.60. The van der Waals surface area contributed by atoms with E-state index in [1.807, 2.05) is 0 Å². The zero-order chi connectivity index (χ0) is 13.9. The molecule has 5 nitrogen and oxygen atoms in total. The number of carbonyl (C=O) groups is 2. The van der Waals surface area contributed by atoms with Crippen LogP contribution in [0.1, 0.15) is 20.8 Å². The van der Waals surface area contributed by atoms with Crippen molar-refractivity contribution < 1.29 is 14.7 Å². The smallest absolute Gasteiger partial charge is 0.328 e. The average Bonchev–Trinajstić information content (AvgIpc) is 2.21. The van der Waals surface area contributed by atoms with Crippen molar-refractivity contribution in [2.45, 2.75) is 26.3 Å². The maximum atomic E-state index is 11.0. The fourth-order valence-electron chi connectivity index (χ4n) is 1.30. The van der Waals surface area contributed by atoms with Gasteiger partial charge in [0.05, 0.1) is 10.7 Å². The molecule has 3 N–H and O–H groups in total. The molecule has 0 fully saturated rings. The van der Waals surface area contributed by atoms with E-state index in [-0.39, 0.29) is 5.91 Å². The molecule has 1 amide bonds. The Morgan fingerprint density at radius 1 is 1.33 bits per heavy atom. The number of amides is 1. The van der Waals surface area contributed by atoms with Crippen LogP contribution in [-0.2, 0) is 9.59 Å². The molecule has 1 rings (SSSR count). The number of benzene rings is 1. The van der Waals surface area contributed by atoms with Crippen LogP contribution in [0, 0.1) is 0 Å². The quantitative estimate of drug-likeness (QED) is 0.786. The standard InChI is InChI=1S/C12H15ClN2O3/c1-7(16)14-10-6-8(4-5-9(10)13)15-12(2,3)11(17)18/h4-6,15H,1-3H3,(H,14,16)(H,17,18). The van der Waals surface area contributed by atoms with Gasteiger partial charge in [-0.25, -0.2) is 4.79 Å². The van der Waals surface area contributed by atoms with Crippen LogP contribution in [0.25, 0.3) is 0 Å². The van der Waals surface area contributed by atoms with Crippen LogP contribution in [0.3, 0.4) is 0 Å². The van der Waals surface area contributed by atoms with Gasteiger partial charge in [0.25, 0.3) is 0 Å². The molecular formula is C12H15ClN2O3. The Morgan fingerprint density at radius 3 is 2.44 bits per heavy atom. The summed E-state index contributed by atoms with van der Waals surface area (Å²) in [6.07, 6.45) is 0. The maximum Gasteiger partial charge on any atom is 0.328 e. The van der Waals surface area contributed by atoms with Crippen LogP contribution in [0.15, 0.2) is 18.2 Å². The van der Waals surface area contributed by atoms with Gasteiger partial charge in [-0.1, -0.05) is 11.6 Å². The van der Waals surface area contributed by atoms with E-state index >= 15 is 0 Å². The Labute approximate surface area is 110 Å². The fourth-order valence-corrected chi connectivity index (χ4v) is 1.47. The van der Waals surface area contributed by atoms with E-state index in [0.717, 1.165) is 0 Å². The first-order valence-corrected chi connectivity index (χ1v) is 5.69. The van der Waals surface area contributed by atoms with Crippen LogP contribution in [0.5, 0.6) is 0 Å². The Hall–Kier alpha value is -1.75. The number of aliphatic carboxylic acids is 1. The van der Waals surface area contributed by atoms with Gasteiger partial charge >= 0.3 is 5.97 Å². The second kappa shape index (κ2) is 5.27. The number of rotatable bonds is 4. The number of hydrogen-bond donors (Lipinski definition) is 3. The number of nitrogens with one attached hydrogen (secondary N) is 2. The molecule has 0 saturated carbocycles. The first-order valence-electron chi connectivity index (χ1n) is 5.31. The van der Waals surface area contributed by atoms with Gasteiger partial charge in [-0.05, 0) is 32.0 Å². The van der Waals surface area contributed by atoms with E-state index in [2.05, 4.69) is 10.6 Å². The first kappa shape index (κ1) is 14.3. The summed E-state index contributed by atoms with van der Waals surface area (Å²) < 4.78 is 0. The molecular weight excluding hydrogens is 256 g/mol. The van der Waals surface area contributed by atoms with Crippen molar-refractivity contribution in [1.29, 1.82) is 0 Å². The van der Waals surface area contributed by atoms with Gasteiger partial charge in [-0.15, -0.1) is 0 Å². The zero-order valence-corrected chi connectivity index (χ0v) is 11.1. The molecule has 0 atom stereocenters. The lowest BCUT2D eigenvalue weighted by Crippen LogP contribution is -2.39. The molecule has 0 spiro atoms. The van der Waals surface area contributed by atoms with Crippen molar-refractivity contribution in [2.75, 3.05) is 10.6 Å². The molecule has 98 valence electrons. The number of hydrogen-bond acceptors (Lipinski definition) is 3. The van der Waals surface area contributed by atoms with Crippen molar-refractivity contribution in [3.05, 3.63) is 23.2 Å². The molecule has 6 heteroatoms. The van der Waals surface area contributed by atoms with E-state index < -0.39 is 11.5 Å². The van der Waals surface area contributed by atoms with Crippen molar-refractivity contribution in [3.8, 4) is 0 Å². The third kappa shape index (κ3) is 3.63. The Bertz CT molecular complexity index is 486. The summed E-state index contributed by atoms with van der Waals surface area (Å²) in [5.41, 5.74) is -0.104. The summed E-state index contributed by atoms with van der Waals surface area (Å²) in [5.74, 6) is -1.22. The molecule has 0 bridgehead atoms. The lowest BCUT2D eigenvalue weighted by atomic mass is 10.1. The molecule has 0 aliphatic rings. The summed E-state index contributed by atoms with van der Waals surface area (Å²) >= 11 is 5.92. The van der Waals surface area contributed by atoms with Gasteiger partial charge in [-0.3, -0.25) is 4.79 Å². The monoisotopic (exact) mass is 270 g/mol. The highest BCUT2D eigenvalue weighted by Gasteiger charge is 2.26. The van der Waals surface area contributed by atoms with E-state index in [1.165, 1.54) is 6.92 Å². The minimum Gasteiger partial charge on any atom is -0.480 e. The fraction of sp³-hybridized carbons (Fsp3) is 0.333. The Kier molecular flexibility index (Phi) is 4.19. The van der Waals surface area contributed by atoms with Gasteiger partial charge in [0.2, 0.25) is 5.91 Å². The predicted octanol–water partition coefficient (Wildman–Crippen LogP) is 2.57. The van der Waals surface area contributed by atoms with E-state index in [4.69, 9.17) is 16.7 Å². The van der Waals surface area contributed by atoms with Gasteiger partial charge < -0.3 is 15.7 Å². The minimum absolute atomic E-state index is 0.244. The Morgan fingerprint density at radius 2 is 1.94 bits per heavy atom. The number of halogens is 1. The van der Waals surface area contributed by atoms with E-state index in [1.54, 1.807) is 32.0 Å². The van der Waals surface area contributed by atoms with E-state index in [9.17, 15) is 9.59 Å². The maximum absolute atomic E-state index is 11.0. The molecule has 0 aliphatic heterocycles. The molecule has 1 aromatic carbocycles. The SMILES string of the molecule is CC(=O)Nc1cc(NC(C)(C)C(=O)O)ccc1Cl. The number of carbonyl (C=O) groups excluding carboxylic acids is 1. The summed E-state index contributed by atoms with van der Waals surface area (Å²) in [7, 11) is 0. The first-order chi connectivity index (χ1) is 8.22. The molecule has 18 heavy (non-hydrogen) atoms. The van der Waals surface area contributed by atoms with Gasteiger partial charge in [0, 0.05) is 12.6 Å². The van der Waals surface area contributed by atoms with Gasteiger partial charge in [-0.2, -0.15) is 0 Å². The van der Waals surface area contributed by atoms with Crippen LogP contribution < -0.4 is 10.6 Å². The van der Waals surface area contributed by atoms with Crippen LogP contribution in [0.4, 0.5) is 11.4 Å². The highest BCUT2D eigenvalue weighted by Crippen LogP contribution is 2.27. The van der Waals surface area contributed by atoms with Gasteiger partial charge in [0.1, 0.15) is 5.54 Å². The molecule has 0 radical (unpaired) electrons. The second-order valence-electron chi connectivity index (χ2n) is 4.43. The molecule has 0 unspecified atom stereocenters. The molecule has 0 aliphatic carbocycles. The lowest BCUT2D eigenvalue weighted by Gasteiger charge is -2.23. The predicted molar refractivity (Wildman–Crippen MR) is 71.1 cm³/mol. The van der Waals surface area contributed by atoms with Crippen LogP contribution >= 0.6 is 11.6 Å². The Balaban J connectivity index is 2.98. The minimum atomic E-state index is -1.11. The van der Waals surface area contributed by atoms with Crippen molar-refractivity contribution in [3.63, 3.8) is 0 Å². The summed E-state index contributed by atoms with van der Waals surface area (Å²) in [5, 5.41) is 14.8. The molecule has 0 aromatic heterocycles. The average molecular weight is 271 g/mol. The molecule has 1 aromatic rings. The highest BCUT2D eigenvalue weighted by molar-refractivity contribution is 6.33. The van der Waals surface area contributed by atoms with Crippen molar-refractivity contribution in [2.24, 2.45) is 0 Å². The van der Waals surface area contributed by atoms with Crippen molar-refractivity contribution >= 4 is 34.9 Å². The molecule has 0 saturated heterocycles. The highest BCUT2D eigenvalue weighted by atomic mass is 35.5. The van der Waals surface area contributed by atoms with Gasteiger partial charge in [0.15, 0.2) is 0 Å². The topological polar surface area (TPSA) is 78.4 Å². The largest absolute Gasteiger partial charge is 0.480 e. The number of anilines is 2. The molecule has 0 heterocycles. The second-order valence-corrected chi connectivity index (χ2v) is 4.84. The van der Waals surface area contributed by atoms with E-state index in [0.29, 0.717) is 16.4 Å². The van der Waals surface area contributed by atoms with Crippen LogP contribution in [-0.4, -0.2) is 22.5 Å². The number of carboxylic acid groups (broad SMARTS) is 1.